The molecule has 0 fully saturated rings. The van der Waals surface area contributed by atoms with Crippen LogP contribution in [0.25, 0.3) is 22.6 Å². The average molecular weight is 387 g/mol. The highest BCUT2D eigenvalue weighted by atomic mass is 16.6. The van der Waals surface area contributed by atoms with Gasteiger partial charge in [-0.25, -0.2) is 4.98 Å². The molecular formula is C22H17N3O4. The highest BCUT2D eigenvalue weighted by Gasteiger charge is 2.17. The van der Waals surface area contributed by atoms with Crippen LogP contribution in [-0.2, 0) is 0 Å². The predicted molar refractivity (Wildman–Crippen MR) is 110 cm³/mol. The van der Waals surface area contributed by atoms with E-state index in [1.54, 1.807) is 19.1 Å². The van der Waals surface area contributed by atoms with Crippen LogP contribution in [0.1, 0.15) is 21.5 Å². The van der Waals surface area contributed by atoms with Gasteiger partial charge in [0.2, 0.25) is 5.89 Å². The number of hydrogen-bond donors (Lipinski definition) is 1. The molecule has 0 saturated carbocycles. The zero-order chi connectivity index (χ0) is 20.5. The molecule has 144 valence electrons. The van der Waals surface area contributed by atoms with Gasteiger partial charge in [0.1, 0.15) is 5.52 Å². The third-order valence-electron chi connectivity index (χ3n) is 4.60. The van der Waals surface area contributed by atoms with Crippen molar-refractivity contribution < 1.29 is 14.1 Å². The lowest BCUT2D eigenvalue weighted by Crippen LogP contribution is -2.13. The molecule has 0 spiro atoms. The van der Waals surface area contributed by atoms with Crippen LogP contribution in [-0.4, -0.2) is 15.8 Å². The maximum absolute atomic E-state index is 12.7. The molecule has 1 N–H and O–H groups in total. The van der Waals surface area contributed by atoms with Gasteiger partial charge in [0.05, 0.1) is 16.2 Å². The van der Waals surface area contributed by atoms with Crippen LogP contribution in [0.2, 0.25) is 0 Å². The van der Waals surface area contributed by atoms with E-state index >= 15 is 0 Å². The van der Waals surface area contributed by atoms with Crippen LogP contribution in [0.4, 0.5) is 11.4 Å². The van der Waals surface area contributed by atoms with Crippen LogP contribution in [0.5, 0.6) is 0 Å². The van der Waals surface area contributed by atoms with Crippen LogP contribution in [0, 0.1) is 24.0 Å². The van der Waals surface area contributed by atoms with Gasteiger partial charge in [-0.15, -0.1) is 0 Å². The standard InChI is InChI=1S/C22H17N3O4/c1-13-7-10-20-18(11-13)24-22(29-20)16-5-3-4-6-17(16)23-21(26)15-8-9-19(25(27)28)14(2)12-15/h3-12H,1-2H3,(H,23,26). The van der Waals surface area contributed by atoms with E-state index in [1.807, 2.05) is 37.3 Å². The lowest BCUT2D eigenvalue weighted by Gasteiger charge is -2.09. The lowest BCUT2D eigenvalue weighted by atomic mass is 10.1. The lowest BCUT2D eigenvalue weighted by molar-refractivity contribution is -0.385. The SMILES string of the molecule is Cc1ccc2oc(-c3ccccc3NC(=O)c3ccc([N+](=O)[O-])c(C)c3)nc2c1. The van der Waals surface area contributed by atoms with E-state index in [1.165, 1.54) is 18.2 Å². The van der Waals surface area contributed by atoms with E-state index in [2.05, 4.69) is 10.3 Å². The first-order valence-corrected chi connectivity index (χ1v) is 8.95. The van der Waals surface area contributed by atoms with Crippen molar-refractivity contribution in [2.45, 2.75) is 13.8 Å². The van der Waals surface area contributed by atoms with Crippen molar-refractivity contribution in [3.8, 4) is 11.5 Å². The zero-order valence-electron chi connectivity index (χ0n) is 15.8. The Morgan fingerprint density at radius 1 is 1.07 bits per heavy atom. The fourth-order valence-corrected chi connectivity index (χ4v) is 3.13. The molecule has 0 atom stereocenters. The minimum atomic E-state index is -0.471. The van der Waals surface area contributed by atoms with Crippen LogP contribution >= 0.6 is 0 Å². The van der Waals surface area contributed by atoms with Crippen LogP contribution < -0.4 is 5.32 Å². The fraction of sp³-hybridized carbons (Fsp3) is 0.0909. The summed E-state index contributed by atoms with van der Waals surface area (Å²) in [4.78, 5) is 27.8. The van der Waals surface area contributed by atoms with Crippen molar-refractivity contribution in [1.82, 2.24) is 4.98 Å². The molecular weight excluding hydrogens is 370 g/mol. The largest absolute Gasteiger partial charge is 0.436 e. The number of fused-ring (bicyclic) bond motifs is 1. The maximum atomic E-state index is 12.7. The predicted octanol–water partition coefficient (Wildman–Crippen LogP) is 5.27. The second kappa shape index (κ2) is 7.20. The van der Waals surface area contributed by atoms with E-state index in [9.17, 15) is 14.9 Å². The molecule has 3 aromatic carbocycles. The molecule has 0 unspecified atom stereocenters. The van der Waals surface area contributed by atoms with Crippen LogP contribution in [0.3, 0.4) is 0 Å². The number of nitro benzene ring substituents is 1. The number of nitro groups is 1. The molecule has 1 aromatic heterocycles. The summed E-state index contributed by atoms with van der Waals surface area (Å²) in [6.07, 6.45) is 0. The number of amides is 1. The fourth-order valence-electron chi connectivity index (χ4n) is 3.13. The normalized spacial score (nSPS) is 10.8. The summed E-state index contributed by atoms with van der Waals surface area (Å²) in [6.45, 7) is 3.58. The Hall–Kier alpha value is -4.00. The number of para-hydroxylation sites is 1. The number of nitrogens with zero attached hydrogens (tertiary/aromatic N) is 2. The van der Waals surface area contributed by atoms with Crippen molar-refractivity contribution in [3.63, 3.8) is 0 Å². The summed E-state index contributed by atoms with van der Waals surface area (Å²) in [6, 6.07) is 17.2. The molecule has 0 aliphatic rings. The van der Waals surface area contributed by atoms with Crippen molar-refractivity contribution in [1.29, 1.82) is 0 Å². The number of carbonyl (C=O) groups is 1. The summed E-state index contributed by atoms with van der Waals surface area (Å²) in [5, 5.41) is 13.8. The molecule has 0 bridgehead atoms. The minimum absolute atomic E-state index is 0.0243. The molecule has 0 saturated heterocycles. The smallest absolute Gasteiger partial charge is 0.272 e. The van der Waals surface area contributed by atoms with Gasteiger partial charge < -0.3 is 9.73 Å². The topological polar surface area (TPSA) is 98.3 Å². The Balaban J connectivity index is 1.67. The van der Waals surface area contributed by atoms with E-state index in [0.29, 0.717) is 33.9 Å². The Bertz CT molecular complexity index is 1260. The number of nitrogens with one attached hydrogen (secondary N) is 1. The highest BCUT2D eigenvalue weighted by Crippen LogP contribution is 2.31. The van der Waals surface area contributed by atoms with E-state index in [0.717, 1.165) is 11.1 Å². The number of rotatable bonds is 4. The van der Waals surface area contributed by atoms with E-state index in [-0.39, 0.29) is 11.6 Å². The first-order valence-electron chi connectivity index (χ1n) is 8.95. The quantitative estimate of drug-likeness (QED) is 0.380. The Kier molecular flexibility index (Phi) is 4.56. The first kappa shape index (κ1) is 18.4. The Morgan fingerprint density at radius 3 is 2.62 bits per heavy atom. The minimum Gasteiger partial charge on any atom is -0.436 e. The molecule has 0 aliphatic heterocycles. The summed E-state index contributed by atoms with van der Waals surface area (Å²) >= 11 is 0. The number of oxazole rings is 1. The second-order valence-electron chi connectivity index (χ2n) is 6.75. The second-order valence-corrected chi connectivity index (χ2v) is 6.75. The number of benzene rings is 3. The molecule has 1 amide bonds. The van der Waals surface area contributed by atoms with Gasteiger partial charge in [0.25, 0.3) is 11.6 Å². The van der Waals surface area contributed by atoms with E-state index in [4.69, 9.17) is 4.42 Å². The molecule has 7 heteroatoms. The number of aromatic nitrogens is 1. The van der Waals surface area contributed by atoms with Gasteiger partial charge in [-0.1, -0.05) is 18.2 Å². The van der Waals surface area contributed by atoms with Crippen molar-refractivity contribution in [2.24, 2.45) is 0 Å². The molecule has 0 aliphatic carbocycles. The van der Waals surface area contributed by atoms with Gasteiger partial charge >= 0.3 is 0 Å². The highest BCUT2D eigenvalue weighted by molar-refractivity contribution is 6.06. The molecule has 4 rings (SSSR count). The number of carbonyl (C=O) groups excluding carboxylic acids is 1. The van der Waals surface area contributed by atoms with Gasteiger partial charge in [0.15, 0.2) is 5.58 Å². The summed E-state index contributed by atoms with van der Waals surface area (Å²) in [5.41, 5.74) is 4.40. The van der Waals surface area contributed by atoms with Crippen molar-refractivity contribution in [3.05, 3.63) is 87.5 Å². The molecule has 1 heterocycles. The summed E-state index contributed by atoms with van der Waals surface area (Å²) in [7, 11) is 0. The Labute approximate surface area is 166 Å². The Morgan fingerprint density at radius 2 is 1.86 bits per heavy atom. The van der Waals surface area contributed by atoms with E-state index < -0.39 is 4.92 Å². The van der Waals surface area contributed by atoms with Crippen molar-refractivity contribution >= 4 is 28.4 Å². The van der Waals surface area contributed by atoms with Gasteiger partial charge in [-0.3, -0.25) is 14.9 Å². The van der Waals surface area contributed by atoms with Crippen molar-refractivity contribution in [2.75, 3.05) is 5.32 Å². The number of hydrogen-bond acceptors (Lipinski definition) is 5. The van der Waals surface area contributed by atoms with Crippen LogP contribution in [0.15, 0.2) is 65.1 Å². The third-order valence-corrected chi connectivity index (χ3v) is 4.60. The molecule has 0 radical (unpaired) electrons. The first-order chi connectivity index (χ1) is 13.9. The van der Waals surface area contributed by atoms with Gasteiger partial charge in [0, 0.05) is 17.2 Å². The summed E-state index contributed by atoms with van der Waals surface area (Å²) in [5.74, 6) is 0.0313. The third kappa shape index (κ3) is 3.58. The number of anilines is 1. The van der Waals surface area contributed by atoms with Gasteiger partial charge in [-0.2, -0.15) is 0 Å². The molecule has 29 heavy (non-hydrogen) atoms. The maximum Gasteiger partial charge on any atom is 0.272 e. The molecule has 7 nitrogen and oxygen atoms in total. The average Bonchev–Trinajstić information content (AvgIpc) is 3.11. The summed E-state index contributed by atoms with van der Waals surface area (Å²) < 4.78 is 5.86. The monoisotopic (exact) mass is 387 g/mol. The van der Waals surface area contributed by atoms with Gasteiger partial charge in [-0.05, 0) is 55.8 Å². The molecule has 4 aromatic rings. The zero-order valence-corrected chi connectivity index (χ0v) is 15.8. The number of aryl methyl sites for hydroxylation is 2.